The van der Waals surface area contributed by atoms with E-state index in [0.717, 1.165) is 21.7 Å². The van der Waals surface area contributed by atoms with Crippen LogP contribution in [-0.2, 0) is 26.2 Å². The summed E-state index contributed by atoms with van der Waals surface area (Å²) >= 11 is 0. The quantitative estimate of drug-likeness (QED) is 0.477. The molecule has 0 bridgehead atoms. The number of carbonyl (C=O) groups is 2. The van der Waals surface area contributed by atoms with E-state index in [-0.39, 0.29) is 43.4 Å². The van der Waals surface area contributed by atoms with Gasteiger partial charge in [0.15, 0.2) is 0 Å². The SMILES string of the molecule is CCC(C(=O)NC(C)(C)C)N(Cc1ccccc1C)C(=O)CCCN(c1ccccc1F)S(C)(=O)=O. The Morgan fingerprint density at radius 2 is 1.67 bits per heavy atom. The molecule has 2 amide bonds. The minimum absolute atomic E-state index is 0.00561. The van der Waals surface area contributed by atoms with E-state index in [9.17, 15) is 22.4 Å². The zero-order chi connectivity index (χ0) is 27.1. The predicted molar refractivity (Wildman–Crippen MR) is 142 cm³/mol. The molecule has 0 fully saturated rings. The first-order valence-electron chi connectivity index (χ1n) is 12.1. The van der Waals surface area contributed by atoms with Crippen molar-refractivity contribution >= 4 is 27.5 Å². The molecule has 0 saturated heterocycles. The van der Waals surface area contributed by atoms with Gasteiger partial charge >= 0.3 is 0 Å². The molecule has 0 radical (unpaired) electrons. The summed E-state index contributed by atoms with van der Waals surface area (Å²) in [6.07, 6.45) is 1.60. The Morgan fingerprint density at radius 3 is 2.22 bits per heavy atom. The lowest BCUT2D eigenvalue weighted by Gasteiger charge is -2.33. The molecule has 0 aliphatic carbocycles. The van der Waals surface area contributed by atoms with Crippen LogP contribution < -0.4 is 9.62 Å². The first-order valence-corrected chi connectivity index (χ1v) is 14.0. The van der Waals surface area contributed by atoms with Crippen molar-refractivity contribution < 1.29 is 22.4 Å². The second kappa shape index (κ2) is 12.3. The molecule has 0 spiro atoms. The molecular weight excluding hydrogens is 481 g/mol. The van der Waals surface area contributed by atoms with Gasteiger partial charge in [-0.3, -0.25) is 13.9 Å². The molecule has 9 heteroatoms. The lowest BCUT2D eigenvalue weighted by Crippen LogP contribution is -2.53. The fourth-order valence-electron chi connectivity index (χ4n) is 3.98. The number of aryl methyl sites for hydroxylation is 1. The third-order valence-corrected chi connectivity index (χ3v) is 6.94. The summed E-state index contributed by atoms with van der Waals surface area (Å²) in [4.78, 5) is 28.1. The van der Waals surface area contributed by atoms with Crippen molar-refractivity contribution in [3.63, 3.8) is 0 Å². The standard InChI is InChI=1S/C27H38FN3O4S/c1-7-23(26(33)29-27(3,4)5)30(19-21-14-9-8-13-20(21)2)25(32)17-12-18-31(36(6,34)35)24-16-11-10-15-22(24)28/h8-11,13-16,23H,7,12,17-19H2,1-6H3,(H,29,33). The number of nitrogens with zero attached hydrogens (tertiary/aromatic N) is 2. The van der Waals surface area contributed by atoms with Gasteiger partial charge in [0.25, 0.3) is 0 Å². The molecule has 7 nitrogen and oxygen atoms in total. The van der Waals surface area contributed by atoms with Crippen LogP contribution in [0.1, 0.15) is 58.1 Å². The lowest BCUT2D eigenvalue weighted by molar-refractivity contribution is -0.142. The number of carbonyl (C=O) groups excluding carboxylic acids is 2. The minimum atomic E-state index is -3.76. The molecule has 0 aromatic heterocycles. The largest absolute Gasteiger partial charge is 0.350 e. The van der Waals surface area contributed by atoms with E-state index in [1.54, 1.807) is 11.0 Å². The number of amides is 2. The van der Waals surface area contributed by atoms with Crippen molar-refractivity contribution in [3.05, 3.63) is 65.5 Å². The van der Waals surface area contributed by atoms with Gasteiger partial charge in [-0.2, -0.15) is 0 Å². The number of nitrogens with one attached hydrogen (secondary N) is 1. The average molecular weight is 520 g/mol. The highest BCUT2D eigenvalue weighted by molar-refractivity contribution is 7.92. The highest BCUT2D eigenvalue weighted by Gasteiger charge is 2.31. The Balaban J connectivity index is 2.26. The highest BCUT2D eigenvalue weighted by Crippen LogP contribution is 2.23. The monoisotopic (exact) mass is 519 g/mol. The van der Waals surface area contributed by atoms with Crippen LogP contribution in [0.5, 0.6) is 0 Å². The van der Waals surface area contributed by atoms with Gasteiger partial charge < -0.3 is 10.2 Å². The molecule has 1 N–H and O–H groups in total. The van der Waals surface area contributed by atoms with Crippen molar-refractivity contribution in [2.24, 2.45) is 0 Å². The highest BCUT2D eigenvalue weighted by atomic mass is 32.2. The Morgan fingerprint density at radius 1 is 1.06 bits per heavy atom. The van der Waals surface area contributed by atoms with Crippen LogP contribution in [0, 0.1) is 12.7 Å². The number of halogens is 1. The van der Waals surface area contributed by atoms with Gasteiger partial charge in [0, 0.05) is 25.0 Å². The van der Waals surface area contributed by atoms with Crippen LogP contribution in [0.3, 0.4) is 0 Å². The van der Waals surface area contributed by atoms with Gasteiger partial charge in [-0.05, 0) is 63.8 Å². The van der Waals surface area contributed by atoms with Crippen molar-refractivity contribution in [1.29, 1.82) is 0 Å². The third-order valence-electron chi connectivity index (χ3n) is 5.76. The van der Waals surface area contributed by atoms with Gasteiger partial charge in [-0.1, -0.05) is 43.3 Å². The number of hydrogen-bond acceptors (Lipinski definition) is 4. The molecule has 1 atom stereocenters. The van der Waals surface area contributed by atoms with E-state index >= 15 is 0 Å². The zero-order valence-electron chi connectivity index (χ0n) is 22.0. The summed E-state index contributed by atoms with van der Waals surface area (Å²) < 4.78 is 40.0. The van der Waals surface area contributed by atoms with E-state index < -0.39 is 27.4 Å². The normalized spacial score (nSPS) is 12.6. The Hall–Kier alpha value is -2.94. The van der Waals surface area contributed by atoms with E-state index in [1.807, 2.05) is 58.9 Å². The van der Waals surface area contributed by atoms with Crippen molar-refractivity contribution in [2.45, 2.75) is 72.0 Å². The van der Waals surface area contributed by atoms with Crippen molar-refractivity contribution in [1.82, 2.24) is 10.2 Å². The van der Waals surface area contributed by atoms with Gasteiger partial charge in [0.1, 0.15) is 11.9 Å². The number of benzene rings is 2. The summed E-state index contributed by atoms with van der Waals surface area (Å²) in [5.74, 6) is -1.16. The summed E-state index contributed by atoms with van der Waals surface area (Å²) in [5.41, 5.74) is 1.42. The van der Waals surface area contributed by atoms with Crippen LogP contribution in [0.25, 0.3) is 0 Å². The lowest BCUT2D eigenvalue weighted by atomic mass is 10.0. The summed E-state index contributed by atoms with van der Waals surface area (Å²) in [6, 6.07) is 12.6. The van der Waals surface area contributed by atoms with E-state index in [0.29, 0.717) is 6.42 Å². The smallest absolute Gasteiger partial charge is 0.243 e. The number of hydrogen-bond donors (Lipinski definition) is 1. The maximum Gasteiger partial charge on any atom is 0.243 e. The fourth-order valence-corrected chi connectivity index (χ4v) is 4.95. The molecule has 1 unspecified atom stereocenters. The van der Waals surface area contributed by atoms with Crippen LogP contribution >= 0.6 is 0 Å². The van der Waals surface area contributed by atoms with Crippen LogP contribution in [0.4, 0.5) is 10.1 Å². The zero-order valence-corrected chi connectivity index (χ0v) is 22.9. The van der Waals surface area contributed by atoms with Crippen LogP contribution in [-0.4, -0.2) is 49.5 Å². The van der Waals surface area contributed by atoms with Gasteiger partial charge in [0.05, 0.1) is 11.9 Å². The van der Waals surface area contributed by atoms with Crippen LogP contribution in [0.2, 0.25) is 0 Å². The summed E-state index contributed by atoms with van der Waals surface area (Å²) in [7, 11) is -3.76. The predicted octanol–water partition coefficient (Wildman–Crippen LogP) is 4.40. The van der Waals surface area contributed by atoms with Crippen molar-refractivity contribution in [3.8, 4) is 0 Å². The molecule has 2 aromatic carbocycles. The second-order valence-electron chi connectivity index (χ2n) is 10.0. The molecule has 2 rings (SSSR count). The van der Waals surface area contributed by atoms with E-state index in [4.69, 9.17) is 0 Å². The maximum absolute atomic E-state index is 14.3. The van der Waals surface area contributed by atoms with Crippen molar-refractivity contribution in [2.75, 3.05) is 17.1 Å². The molecule has 0 heterocycles. The minimum Gasteiger partial charge on any atom is -0.350 e. The fraction of sp³-hybridized carbons (Fsp3) is 0.481. The molecular formula is C27H38FN3O4S. The Bertz CT molecular complexity index is 1160. The molecule has 0 aliphatic rings. The summed E-state index contributed by atoms with van der Waals surface area (Å²) in [5, 5.41) is 2.97. The first kappa shape index (κ1) is 29.3. The van der Waals surface area contributed by atoms with E-state index in [1.165, 1.54) is 18.2 Å². The Kier molecular flexibility index (Phi) is 10.0. The average Bonchev–Trinajstić information content (AvgIpc) is 2.76. The molecule has 198 valence electrons. The molecule has 36 heavy (non-hydrogen) atoms. The topological polar surface area (TPSA) is 86.8 Å². The van der Waals surface area contributed by atoms with E-state index in [2.05, 4.69) is 5.32 Å². The number of para-hydroxylation sites is 1. The third kappa shape index (κ3) is 8.33. The molecule has 0 aliphatic heterocycles. The number of anilines is 1. The summed E-state index contributed by atoms with van der Waals surface area (Å²) in [6.45, 7) is 9.65. The number of rotatable bonds is 11. The Labute approximate surface area is 214 Å². The van der Waals surface area contributed by atoms with Gasteiger partial charge in [0.2, 0.25) is 21.8 Å². The maximum atomic E-state index is 14.3. The van der Waals surface area contributed by atoms with Gasteiger partial charge in [-0.15, -0.1) is 0 Å². The molecule has 2 aromatic rings. The second-order valence-corrected chi connectivity index (χ2v) is 11.9. The molecule has 0 saturated carbocycles. The van der Waals surface area contributed by atoms with Gasteiger partial charge in [-0.25, -0.2) is 12.8 Å². The van der Waals surface area contributed by atoms with Crippen LogP contribution in [0.15, 0.2) is 48.5 Å². The number of sulfonamides is 1. The first-order chi connectivity index (χ1) is 16.7.